The molecule has 0 fully saturated rings. The molecule has 0 radical (unpaired) electrons. The topological polar surface area (TPSA) is 3.88 Å². The van der Waals surface area contributed by atoms with Crippen LogP contribution in [0.5, 0.6) is 0 Å². The molecule has 1 rings (SSSR count). The van der Waals surface area contributed by atoms with Crippen LogP contribution in [0.2, 0.25) is 0 Å². The highest BCUT2D eigenvalue weighted by Gasteiger charge is 2.09. The minimum absolute atomic E-state index is 1.22. The third-order valence-electron chi connectivity index (χ3n) is 12.9. The van der Waals surface area contributed by atoms with E-state index in [1.165, 1.54) is 302 Å². The van der Waals surface area contributed by atoms with Crippen molar-refractivity contribution in [2.75, 3.05) is 0 Å². The summed E-state index contributed by atoms with van der Waals surface area (Å²) in [4.78, 5) is 0. The van der Waals surface area contributed by atoms with Gasteiger partial charge >= 0.3 is 0 Å². The fraction of sp³-hybridized carbons (Fsp3) is 0.909. The molecular weight excluding hydrogens is 675 g/mol. The van der Waals surface area contributed by atoms with Gasteiger partial charge in [-0.1, -0.05) is 278 Å². The molecule has 330 valence electrons. The number of hydrogen-bond donors (Lipinski definition) is 0. The summed E-state index contributed by atoms with van der Waals surface area (Å²) >= 11 is 0. The van der Waals surface area contributed by atoms with Crippen LogP contribution >= 0.6 is 0 Å². The number of aromatic nitrogens is 1. The first-order valence-electron chi connectivity index (χ1n) is 26.8. The van der Waals surface area contributed by atoms with Crippen molar-refractivity contribution in [3.63, 3.8) is 0 Å². The van der Waals surface area contributed by atoms with E-state index in [2.05, 4.69) is 43.8 Å². The number of unbranched alkanes of at least 4 members (excludes halogenated alkanes) is 41. The minimum Gasteiger partial charge on any atom is -0.205 e. The maximum atomic E-state index is 2.60. The van der Waals surface area contributed by atoms with E-state index >= 15 is 0 Å². The fourth-order valence-corrected chi connectivity index (χ4v) is 9.07. The number of nitrogens with zero attached hydrogens (tertiary/aromatic N) is 1. The fourth-order valence-electron chi connectivity index (χ4n) is 9.07. The lowest BCUT2D eigenvalue weighted by atomic mass is 10.0. The monoisotopic (exact) mass is 781 g/mol. The zero-order valence-corrected chi connectivity index (χ0v) is 39.4. The van der Waals surface area contributed by atoms with Gasteiger partial charge in [-0.05, 0) is 38.2 Å². The van der Waals surface area contributed by atoms with Crippen molar-refractivity contribution < 1.29 is 4.57 Å². The standard InChI is InChI=1S/C55H106N/c1-4-7-10-13-16-19-22-25-27-29-31-33-36-39-42-45-48-54-51-55(49-46-43-40-37-34-32-30-28-26-23-20-17-14-11-8-5-2)53-56(52-54)50-47-44-41-38-35-24-21-18-15-12-9-6-3/h51-53H,4-50H2,1-3H3/q+1. The van der Waals surface area contributed by atoms with Crippen LogP contribution in [-0.4, -0.2) is 0 Å². The number of aryl methyl sites for hydroxylation is 3. The molecule has 0 aliphatic rings. The Morgan fingerprint density at radius 2 is 0.446 bits per heavy atom. The van der Waals surface area contributed by atoms with Crippen LogP contribution < -0.4 is 4.57 Å². The highest BCUT2D eigenvalue weighted by molar-refractivity contribution is 5.15. The molecule has 0 aliphatic carbocycles. The van der Waals surface area contributed by atoms with Crippen molar-refractivity contribution in [1.29, 1.82) is 0 Å². The van der Waals surface area contributed by atoms with Crippen molar-refractivity contribution in [2.24, 2.45) is 0 Å². The van der Waals surface area contributed by atoms with Gasteiger partial charge in [0.15, 0.2) is 12.4 Å². The molecule has 1 aromatic heterocycles. The predicted molar refractivity (Wildman–Crippen MR) is 254 cm³/mol. The molecule has 0 N–H and O–H groups in total. The quantitative estimate of drug-likeness (QED) is 0.0458. The molecule has 0 unspecified atom stereocenters. The Balaban J connectivity index is 2.26. The van der Waals surface area contributed by atoms with E-state index in [4.69, 9.17) is 0 Å². The molecule has 1 heteroatoms. The van der Waals surface area contributed by atoms with E-state index in [0.717, 1.165) is 0 Å². The van der Waals surface area contributed by atoms with Crippen LogP contribution in [0.25, 0.3) is 0 Å². The summed E-state index contributed by atoms with van der Waals surface area (Å²) < 4.78 is 2.60. The SMILES string of the molecule is CCCCCCCCCCCCCCCCCCc1cc(CCCCCCCCCCCCCCCCCC)c[n+](CCCCCCCCCCCCCC)c1. The van der Waals surface area contributed by atoms with E-state index < -0.39 is 0 Å². The lowest BCUT2D eigenvalue weighted by molar-refractivity contribution is -0.698. The van der Waals surface area contributed by atoms with E-state index in [0.29, 0.717) is 0 Å². The molecule has 0 aliphatic heterocycles. The summed E-state index contributed by atoms with van der Waals surface area (Å²) in [6.07, 6.45) is 71.2. The molecule has 0 bridgehead atoms. The maximum absolute atomic E-state index is 2.60. The normalized spacial score (nSPS) is 11.6. The second kappa shape index (κ2) is 45.2. The zero-order chi connectivity index (χ0) is 40.1. The molecule has 56 heavy (non-hydrogen) atoms. The van der Waals surface area contributed by atoms with Gasteiger partial charge in [0.2, 0.25) is 0 Å². The maximum Gasteiger partial charge on any atom is 0.171 e. The molecule has 1 heterocycles. The van der Waals surface area contributed by atoms with Crippen molar-refractivity contribution in [3.8, 4) is 0 Å². The highest BCUT2D eigenvalue weighted by atomic mass is 14.9. The molecule has 0 saturated heterocycles. The molecule has 0 amide bonds. The van der Waals surface area contributed by atoms with Crippen LogP contribution in [0.4, 0.5) is 0 Å². The van der Waals surface area contributed by atoms with Gasteiger partial charge in [0.25, 0.3) is 0 Å². The van der Waals surface area contributed by atoms with E-state index in [-0.39, 0.29) is 0 Å². The third-order valence-corrected chi connectivity index (χ3v) is 12.9. The van der Waals surface area contributed by atoms with Crippen molar-refractivity contribution in [2.45, 2.75) is 323 Å². The third kappa shape index (κ3) is 38.7. The molecule has 0 aromatic carbocycles. The van der Waals surface area contributed by atoms with Gasteiger partial charge in [-0.3, -0.25) is 0 Å². The summed E-state index contributed by atoms with van der Waals surface area (Å²) in [5, 5.41) is 0. The Morgan fingerprint density at radius 3 is 0.679 bits per heavy atom. The van der Waals surface area contributed by atoms with Gasteiger partial charge < -0.3 is 0 Å². The molecule has 0 atom stereocenters. The van der Waals surface area contributed by atoms with Gasteiger partial charge in [-0.2, -0.15) is 0 Å². The van der Waals surface area contributed by atoms with Gasteiger partial charge in [0.1, 0.15) is 6.54 Å². The Kier molecular flexibility index (Phi) is 43.0. The van der Waals surface area contributed by atoms with Crippen LogP contribution in [0, 0.1) is 0 Å². The van der Waals surface area contributed by atoms with Crippen molar-refractivity contribution in [1.82, 2.24) is 0 Å². The summed E-state index contributed by atoms with van der Waals surface area (Å²) in [6.45, 7) is 8.17. The summed E-state index contributed by atoms with van der Waals surface area (Å²) in [5.41, 5.74) is 3.23. The average Bonchev–Trinajstić information content (AvgIpc) is 3.21. The van der Waals surface area contributed by atoms with E-state index in [1.54, 1.807) is 11.1 Å². The number of hydrogen-bond acceptors (Lipinski definition) is 0. The second-order valence-electron chi connectivity index (χ2n) is 18.8. The van der Waals surface area contributed by atoms with Gasteiger partial charge in [0.05, 0.1) is 0 Å². The first-order valence-corrected chi connectivity index (χ1v) is 26.8. The average molecular weight is 781 g/mol. The van der Waals surface area contributed by atoms with Crippen LogP contribution in [0.3, 0.4) is 0 Å². The highest BCUT2D eigenvalue weighted by Crippen LogP contribution is 2.18. The molecule has 0 spiro atoms. The smallest absolute Gasteiger partial charge is 0.171 e. The van der Waals surface area contributed by atoms with E-state index in [1.807, 2.05) is 0 Å². The van der Waals surface area contributed by atoms with Gasteiger partial charge in [0, 0.05) is 17.5 Å². The molecule has 1 nitrogen and oxygen atoms in total. The van der Waals surface area contributed by atoms with Crippen LogP contribution in [-0.2, 0) is 19.4 Å². The van der Waals surface area contributed by atoms with Gasteiger partial charge in [-0.15, -0.1) is 0 Å². The summed E-state index contributed by atoms with van der Waals surface area (Å²) in [6, 6.07) is 2.59. The largest absolute Gasteiger partial charge is 0.205 e. The molecule has 1 aromatic rings. The van der Waals surface area contributed by atoms with Crippen molar-refractivity contribution >= 4 is 0 Å². The van der Waals surface area contributed by atoms with Crippen LogP contribution in [0.15, 0.2) is 18.5 Å². The molecule has 0 saturated carbocycles. The number of pyridine rings is 1. The molecular formula is C55H106N+. The van der Waals surface area contributed by atoms with Gasteiger partial charge in [-0.25, -0.2) is 4.57 Å². The Bertz CT molecular complexity index is 820. The first kappa shape index (κ1) is 53.2. The minimum atomic E-state index is 1.22. The summed E-state index contributed by atoms with van der Waals surface area (Å²) in [5.74, 6) is 0. The summed E-state index contributed by atoms with van der Waals surface area (Å²) in [7, 11) is 0. The Hall–Kier alpha value is -0.850. The Labute approximate surface area is 355 Å². The van der Waals surface area contributed by atoms with Crippen LogP contribution in [0.1, 0.15) is 314 Å². The van der Waals surface area contributed by atoms with Crippen molar-refractivity contribution in [3.05, 3.63) is 29.6 Å². The lowest BCUT2D eigenvalue weighted by Gasteiger charge is -2.08. The predicted octanol–water partition coefficient (Wildman–Crippen LogP) is 19.3. The lowest BCUT2D eigenvalue weighted by Crippen LogP contribution is -2.34. The first-order chi connectivity index (χ1) is 27.8. The Morgan fingerprint density at radius 1 is 0.250 bits per heavy atom. The number of rotatable bonds is 47. The second-order valence-corrected chi connectivity index (χ2v) is 18.8. The van der Waals surface area contributed by atoms with E-state index in [9.17, 15) is 0 Å². The zero-order valence-electron chi connectivity index (χ0n) is 39.4.